The molecule has 0 aliphatic carbocycles. The van der Waals surface area contributed by atoms with Gasteiger partial charge in [0.15, 0.2) is 6.61 Å². The molecule has 0 fully saturated rings. The molecular formula is C30H26Cl2N2O3. The number of carbonyl (C=O) groups is 2. The molecule has 7 heteroatoms. The van der Waals surface area contributed by atoms with Gasteiger partial charge in [-0.1, -0.05) is 102 Å². The normalized spacial score (nSPS) is 11.4. The molecule has 5 nitrogen and oxygen atoms in total. The predicted octanol–water partition coefficient (Wildman–Crippen LogP) is 6.46. The largest absolute Gasteiger partial charge is 0.484 e. The Labute approximate surface area is 226 Å². The van der Waals surface area contributed by atoms with Crippen LogP contribution >= 0.6 is 23.2 Å². The van der Waals surface area contributed by atoms with Gasteiger partial charge in [-0.3, -0.25) is 9.59 Å². The van der Waals surface area contributed by atoms with Crippen LogP contribution in [-0.2, 0) is 22.7 Å². The van der Waals surface area contributed by atoms with Crippen LogP contribution < -0.4 is 10.1 Å². The van der Waals surface area contributed by atoms with E-state index in [1.165, 1.54) is 4.90 Å². The monoisotopic (exact) mass is 532 g/mol. The first-order chi connectivity index (χ1) is 18.0. The summed E-state index contributed by atoms with van der Waals surface area (Å²) < 4.78 is 5.75. The fourth-order valence-electron chi connectivity index (χ4n) is 3.88. The Morgan fingerprint density at radius 2 is 1.41 bits per heavy atom. The minimum absolute atomic E-state index is 0.188. The Balaban J connectivity index is 1.63. The van der Waals surface area contributed by atoms with Gasteiger partial charge in [0.25, 0.3) is 5.91 Å². The third kappa shape index (κ3) is 7.35. The van der Waals surface area contributed by atoms with Crippen molar-refractivity contribution in [3.05, 3.63) is 136 Å². The van der Waals surface area contributed by atoms with Gasteiger partial charge in [-0.05, 0) is 47.0 Å². The highest BCUT2D eigenvalue weighted by molar-refractivity contribution is 6.31. The van der Waals surface area contributed by atoms with E-state index >= 15 is 0 Å². The second-order valence-corrected chi connectivity index (χ2v) is 9.22. The molecule has 0 radical (unpaired) electrons. The molecule has 0 aliphatic heterocycles. The first kappa shape index (κ1) is 26.3. The smallest absolute Gasteiger partial charge is 0.261 e. The molecule has 37 heavy (non-hydrogen) atoms. The highest BCUT2D eigenvalue weighted by Crippen LogP contribution is 2.25. The van der Waals surface area contributed by atoms with Crippen molar-refractivity contribution in [1.82, 2.24) is 10.2 Å². The van der Waals surface area contributed by atoms with E-state index in [9.17, 15) is 9.59 Å². The van der Waals surface area contributed by atoms with Crippen molar-refractivity contribution in [2.24, 2.45) is 0 Å². The quantitative estimate of drug-likeness (QED) is 0.255. The highest BCUT2D eigenvalue weighted by Gasteiger charge is 2.32. The van der Waals surface area contributed by atoms with Crippen molar-refractivity contribution in [3.8, 4) is 5.75 Å². The molecule has 4 aromatic rings. The van der Waals surface area contributed by atoms with Gasteiger partial charge >= 0.3 is 0 Å². The summed E-state index contributed by atoms with van der Waals surface area (Å²) in [5.74, 6) is -0.0876. The highest BCUT2D eigenvalue weighted by atomic mass is 35.5. The van der Waals surface area contributed by atoms with E-state index < -0.39 is 6.04 Å². The SMILES string of the molecule is O=C(NCc1ccccc1Cl)C(c1ccccc1)N(Cc1ccc(Cl)cc1)C(=O)COc1ccccc1. The number of rotatable bonds is 10. The summed E-state index contributed by atoms with van der Waals surface area (Å²) in [4.78, 5) is 28.8. The Morgan fingerprint density at radius 3 is 2.08 bits per heavy atom. The molecule has 4 aromatic carbocycles. The minimum Gasteiger partial charge on any atom is -0.484 e. The van der Waals surface area contributed by atoms with Gasteiger partial charge in [0.05, 0.1) is 0 Å². The Hall–Kier alpha value is -3.80. The number of carbonyl (C=O) groups excluding carboxylic acids is 2. The fraction of sp³-hybridized carbons (Fsp3) is 0.133. The fourth-order valence-corrected chi connectivity index (χ4v) is 4.21. The number of hydrogen-bond donors (Lipinski definition) is 1. The van der Waals surface area contributed by atoms with Gasteiger partial charge in [0.2, 0.25) is 5.91 Å². The zero-order valence-corrected chi connectivity index (χ0v) is 21.5. The molecule has 2 amide bonds. The molecule has 1 N–H and O–H groups in total. The van der Waals surface area contributed by atoms with Crippen LogP contribution in [0.15, 0.2) is 109 Å². The summed E-state index contributed by atoms with van der Waals surface area (Å²) in [7, 11) is 0. The standard InChI is InChI=1S/C30H26Cl2N2O3/c31-25-17-15-22(16-18-25)20-34(28(35)21-37-26-12-5-2-6-13-26)29(23-9-3-1-4-10-23)30(36)33-19-24-11-7-8-14-27(24)32/h1-18,29H,19-21H2,(H,33,36). The van der Waals surface area contributed by atoms with E-state index in [1.54, 1.807) is 30.3 Å². The topological polar surface area (TPSA) is 58.6 Å². The maximum atomic E-state index is 13.7. The number of benzene rings is 4. The molecule has 4 rings (SSSR count). The van der Waals surface area contributed by atoms with E-state index in [-0.39, 0.29) is 31.5 Å². The van der Waals surface area contributed by atoms with Crippen molar-refractivity contribution in [2.75, 3.05) is 6.61 Å². The summed E-state index contributed by atoms with van der Waals surface area (Å²) in [6, 6.07) is 31.9. The lowest BCUT2D eigenvalue weighted by Crippen LogP contribution is -2.45. The van der Waals surface area contributed by atoms with E-state index in [0.29, 0.717) is 21.4 Å². The van der Waals surface area contributed by atoms with Crippen molar-refractivity contribution >= 4 is 35.0 Å². The summed E-state index contributed by atoms with van der Waals surface area (Å²) >= 11 is 12.4. The molecule has 1 unspecified atom stereocenters. The van der Waals surface area contributed by atoms with Crippen molar-refractivity contribution < 1.29 is 14.3 Å². The van der Waals surface area contributed by atoms with Crippen LogP contribution in [0, 0.1) is 0 Å². The molecule has 188 valence electrons. The van der Waals surface area contributed by atoms with E-state index in [4.69, 9.17) is 27.9 Å². The number of para-hydroxylation sites is 1. The molecule has 0 spiro atoms. The number of halogens is 2. The molecule has 0 aliphatic rings. The summed E-state index contributed by atoms with van der Waals surface area (Å²) in [6.45, 7) is 0.192. The summed E-state index contributed by atoms with van der Waals surface area (Å²) in [6.07, 6.45) is 0. The molecular weight excluding hydrogens is 507 g/mol. The Kier molecular flexibility index (Phi) is 9.19. The van der Waals surface area contributed by atoms with Gasteiger partial charge in [0.1, 0.15) is 11.8 Å². The van der Waals surface area contributed by atoms with Crippen LogP contribution in [0.3, 0.4) is 0 Å². The molecule has 0 heterocycles. The van der Waals surface area contributed by atoms with E-state index in [0.717, 1.165) is 11.1 Å². The third-order valence-corrected chi connectivity index (χ3v) is 6.40. The molecule has 0 saturated carbocycles. The lowest BCUT2D eigenvalue weighted by Gasteiger charge is -2.31. The van der Waals surface area contributed by atoms with Crippen LogP contribution in [0.25, 0.3) is 0 Å². The van der Waals surface area contributed by atoms with Crippen LogP contribution in [0.5, 0.6) is 5.75 Å². The predicted molar refractivity (Wildman–Crippen MR) is 146 cm³/mol. The maximum Gasteiger partial charge on any atom is 0.261 e. The lowest BCUT2D eigenvalue weighted by atomic mass is 10.0. The number of nitrogens with zero attached hydrogens (tertiary/aromatic N) is 1. The average molecular weight is 533 g/mol. The minimum atomic E-state index is -0.897. The number of nitrogens with one attached hydrogen (secondary N) is 1. The summed E-state index contributed by atoms with van der Waals surface area (Å²) in [5.41, 5.74) is 2.30. The zero-order chi connectivity index (χ0) is 26.0. The first-order valence-corrected chi connectivity index (χ1v) is 12.5. The van der Waals surface area contributed by atoms with E-state index in [1.807, 2.05) is 78.9 Å². The van der Waals surface area contributed by atoms with E-state index in [2.05, 4.69) is 5.32 Å². The summed E-state index contributed by atoms with van der Waals surface area (Å²) in [5, 5.41) is 4.11. The van der Waals surface area contributed by atoms with Crippen molar-refractivity contribution in [2.45, 2.75) is 19.1 Å². The van der Waals surface area contributed by atoms with Crippen LogP contribution in [0.2, 0.25) is 10.0 Å². The second kappa shape index (κ2) is 12.9. The molecule has 0 aromatic heterocycles. The molecule has 0 saturated heterocycles. The molecule has 1 atom stereocenters. The maximum absolute atomic E-state index is 13.7. The number of ether oxygens (including phenoxy) is 1. The van der Waals surface area contributed by atoms with Gasteiger partial charge in [-0.25, -0.2) is 0 Å². The molecule has 0 bridgehead atoms. The van der Waals surface area contributed by atoms with Crippen molar-refractivity contribution in [1.29, 1.82) is 0 Å². The Morgan fingerprint density at radius 1 is 0.784 bits per heavy atom. The lowest BCUT2D eigenvalue weighted by molar-refractivity contribution is -0.143. The Bertz CT molecular complexity index is 1320. The van der Waals surface area contributed by atoms with Crippen LogP contribution in [-0.4, -0.2) is 23.3 Å². The first-order valence-electron chi connectivity index (χ1n) is 11.8. The zero-order valence-electron chi connectivity index (χ0n) is 20.0. The van der Waals surface area contributed by atoms with Crippen molar-refractivity contribution in [3.63, 3.8) is 0 Å². The van der Waals surface area contributed by atoms with Gasteiger partial charge < -0.3 is 15.0 Å². The van der Waals surface area contributed by atoms with Gasteiger partial charge in [-0.2, -0.15) is 0 Å². The second-order valence-electron chi connectivity index (χ2n) is 8.37. The van der Waals surface area contributed by atoms with Crippen LogP contribution in [0.4, 0.5) is 0 Å². The number of hydrogen-bond acceptors (Lipinski definition) is 3. The third-order valence-electron chi connectivity index (χ3n) is 5.78. The van der Waals surface area contributed by atoms with Gasteiger partial charge in [-0.15, -0.1) is 0 Å². The van der Waals surface area contributed by atoms with Crippen LogP contribution in [0.1, 0.15) is 22.7 Å². The van der Waals surface area contributed by atoms with Gasteiger partial charge in [0, 0.05) is 23.1 Å². The number of amides is 2. The average Bonchev–Trinajstić information content (AvgIpc) is 2.93.